The molecule has 0 aliphatic heterocycles. The normalized spacial score (nSPS) is 39.2. The molecular formula is C5H10B2O4P2. The van der Waals surface area contributed by atoms with Crippen molar-refractivity contribution in [3.05, 3.63) is 0 Å². The quantitative estimate of drug-likeness (QED) is 0.491. The maximum atomic E-state index is 10.8. The SMILES string of the molecule is BO[C@@H]1[C@H](P=O)[C@@H](B=O)C[C@H]1OP. The van der Waals surface area contributed by atoms with E-state index in [-0.39, 0.29) is 32.1 Å². The fourth-order valence-electron chi connectivity index (χ4n) is 1.70. The third-order valence-corrected chi connectivity index (χ3v) is 3.66. The Morgan fingerprint density at radius 3 is 2.69 bits per heavy atom. The summed E-state index contributed by atoms with van der Waals surface area (Å²) in [7, 11) is 4.46. The molecule has 1 saturated carbocycles. The average Bonchev–Trinajstić information content (AvgIpc) is 2.54. The van der Waals surface area contributed by atoms with E-state index in [2.05, 4.69) is 9.47 Å². The van der Waals surface area contributed by atoms with E-state index in [0.29, 0.717) is 6.42 Å². The van der Waals surface area contributed by atoms with Crippen LogP contribution in [0.2, 0.25) is 5.82 Å². The fourth-order valence-corrected chi connectivity index (χ4v) is 2.75. The number of hydrogen-bond acceptors (Lipinski definition) is 4. The summed E-state index contributed by atoms with van der Waals surface area (Å²) in [5, 5.41) is 0. The van der Waals surface area contributed by atoms with Crippen molar-refractivity contribution in [3.63, 3.8) is 0 Å². The first-order chi connectivity index (χ1) is 6.28. The van der Waals surface area contributed by atoms with Crippen LogP contribution in [0.3, 0.4) is 0 Å². The minimum absolute atomic E-state index is 0.0497. The van der Waals surface area contributed by atoms with Gasteiger partial charge >= 0.3 is 81.7 Å². The molecule has 8 heteroatoms. The van der Waals surface area contributed by atoms with Crippen LogP contribution in [0.4, 0.5) is 0 Å². The van der Waals surface area contributed by atoms with E-state index in [1.807, 2.05) is 0 Å². The Kier molecular flexibility index (Phi) is 4.68. The molecule has 1 rings (SSSR count). The molecule has 1 aliphatic carbocycles. The monoisotopic (exact) mass is 218 g/mol. The first-order valence-electron chi connectivity index (χ1n) is 3.94. The Balaban J connectivity index is 2.76. The van der Waals surface area contributed by atoms with Crippen LogP contribution in [0, 0.1) is 0 Å². The molecule has 0 N–H and O–H groups in total. The zero-order valence-corrected chi connectivity index (χ0v) is 9.30. The van der Waals surface area contributed by atoms with Crippen LogP contribution in [0.5, 0.6) is 0 Å². The molecular weight excluding hydrogens is 208 g/mol. The van der Waals surface area contributed by atoms with Crippen molar-refractivity contribution in [3.8, 4) is 0 Å². The van der Waals surface area contributed by atoms with Gasteiger partial charge in [-0.1, -0.05) is 0 Å². The average molecular weight is 218 g/mol. The predicted octanol–water partition coefficient (Wildman–Crippen LogP) is -0.00280. The van der Waals surface area contributed by atoms with Crippen LogP contribution in [-0.4, -0.2) is 33.1 Å². The maximum absolute atomic E-state index is 10.8. The predicted molar refractivity (Wildman–Crippen MR) is 54.2 cm³/mol. The first kappa shape index (κ1) is 11.5. The van der Waals surface area contributed by atoms with Crippen molar-refractivity contribution in [2.24, 2.45) is 0 Å². The van der Waals surface area contributed by atoms with Crippen molar-refractivity contribution < 1.29 is 18.4 Å². The Morgan fingerprint density at radius 2 is 2.31 bits per heavy atom. The molecule has 1 unspecified atom stereocenters. The minimum atomic E-state index is -0.270. The fraction of sp³-hybridized carbons (Fsp3) is 1.00. The van der Waals surface area contributed by atoms with Crippen LogP contribution in [-0.2, 0) is 18.4 Å². The van der Waals surface area contributed by atoms with Gasteiger partial charge in [0.25, 0.3) is 0 Å². The van der Waals surface area contributed by atoms with Gasteiger partial charge in [-0.2, -0.15) is 0 Å². The van der Waals surface area contributed by atoms with E-state index in [1.165, 1.54) is 8.05 Å². The van der Waals surface area contributed by atoms with Crippen molar-refractivity contribution in [1.82, 2.24) is 0 Å². The molecule has 0 aromatic heterocycles. The Morgan fingerprint density at radius 1 is 1.62 bits per heavy atom. The molecule has 4 nitrogen and oxygen atoms in total. The molecule has 0 aromatic carbocycles. The summed E-state index contributed by atoms with van der Waals surface area (Å²) in [5.74, 6) is -0.227. The van der Waals surface area contributed by atoms with Crippen LogP contribution in [0.1, 0.15) is 6.42 Å². The van der Waals surface area contributed by atoms with Crippen molar-refractivity contribution in [1.29, 1.82) is 0 Å². The standard InChI is InChI=1S/C5H10B2O4P2/c6-10-4-3(11-12)1-2(7-8)5(4)13-9/h2-5H,1,6,12H2/t2-,3+,4-,5+/m0/s1. The zero-order valence-electron chi connectivity index (χ0n) is 7.25. The molecule has 70 valence electrons. The Hall–Kier alpha value is 0.380. The van der Waals surface area contributed by atoms with Crippen molar-refractivity contribution in [2.75, 3.05) is 0 Å². The van der Waals surface area contributed by atoms with Gasteiger partial charge in [-0.05, 0) is 0 Å². The molecule has 0 aromatic rings. The van der Waals surface area contributed by atoms with Crippen LogP contribution in [0.15, 0.2) is 0 Å². The number of hydrogen-bond donors (Lipinski definition) is 0. The van der Waals surface area contributed by atoms with Crippen LogP contribution in [0.25, 0.3) is 0 Å². The van der Waals surface area contributed by atoms with E-state index < -0.39 is 0 Å². The summed E-state index contributed by atoms with van der Waals surface area (Å²) in [5.41, 5.74) is -0.270. The van der Waals surface area contributed by atoms with Crippen LogP contribution >= 0.6 is 17.9 Å². The molecule has 0 spiro atoms. The van der Waals surface area contributed by atoms with Gasteiger partial charge in [-0.25, -0.2) is 0 Å². The Labute approximate surface area is 82.3 Å². The van der Waals surface area contributed by atoms with Gasteiger partial charge in [0.1, 0.15) is 0 Å². The van der Waals surface area contributed by atoms with Gasteiger partial charge in [0.2, 0.25) is 0 Å². The second-order valence-corrected chi connectivity index (χ2v) is 4.09. The summed E-state index contributed by atoms with van der Waals surface area (Å²) in [6, 6.07) is 0. The second kappa shape index (κ2) is 5.31. The zero-order chi connectivity index (χ0) is 9.84. The van der Waals surface area contributed by atoms with Gasteiger partial charge in [-0.15, -0.1) is 0 Å². The second-order valence-electron chi connectivity index (χ2n) is 3.01. The van der Waals surface area contributed by atoms with Gasteiger partial charge in [0.05, 0.1) is 0 Å². The topological polar surface area (TPSA) is 52.6 Å². The summed E-state index contributed by atoms with van der Waals surface area (Å²) in [4.78, 5) is 0. The van der Waals surface area contributed by atoms with E-state index in [4.69, 9.17) is 9.18 Å². The molecule has 13 heavy (non-hydrogen) atoms. The molecule has 0 amide bonds. The molecule has 0 heterocycles. The van der Waals surface area contributed by atoms with E-state index in [1.54, 1.807) is 0 Å². The molecule has 1 fully saturated rings. The summed E-state index contributed by atoms with van der Waals surface area (Å²) < 4.78 is 31.7. The van der Waals surface area contributed by atoms with E-state index in [9.17, 15) is 9.27 Å². The first-order valence-corrected chi connectivity index (χ1v) is 5.29. The summed E-state index contributed by atoms with van der Waals surface area (Å²) >= 11 is 0. The van der Waals surface area contributed by atoms with Crippen LogP contribution < -0.4 is 0 Å². The van der Waals surface area contributed by atoms with Crippen molar-refractivity contribution >= 4 is 33.1 Å². The van der Waals surface area contributed by atoms with Gasteiger partial charge < -0.3 is 0 Å². The van der Waals surface area contributed by atoms with Gasteiger partial charge in [0, 0.05) is 0 Å². The van der Waals surface area contributed by atoms with Gasteiger partial charge in [-0.3, -0.25) is 0 Å². The number of rotatable bonds is 4. The summed E-state index contributed by atoms with van der Waals surface area (Å²) in [6.07, 6.45) is 0.161. The third kappa shape index (κ3) is 2.24. The Bertz CT molecular complexity index is 205. The molecule has 0 saturated heterocycles. The van der Waals surface area contributed by atoms with E-state index in [0.717, 1.165) is 7.15 Å². The molecule has 0 radical (unpaired) electrons. The molecule has 5 atom stereocenters. The van der Waals surface area contributed by atoms with Crippen molar-refractivity contribution in [2.45, 2.75) is 30.1 Å². The summed E-state index contributed by atoms with van der Waals surface area (Å²) in [6.45, 7) is 0. The molecule has 0 bridgehead atoms. The molecule has 1 aliphatic rings. The van der Waals surface area contributed by atoms with E-state index >= 15 is 0 Å². The third-order valence-electron chi connectivity index (χ3n) is 2.39. The van der Waals surface area contributed by atoms with Gasteiger partial charge in [0.15, 0.2) is 0 Å².